The van der Waals surface area contributed by atoms with Crippen LogP contribution in [0, 0.1) is 0 Å². The van der Waals surface area contributed by atoms with Crippen molar-refractivity contribution in [1.29, 1.82) is 0 Å². The number of benzene rings is 2. The van der Waals surface area contributed by atoms with Gasteiger partial charge in [-0.05, 0) is 48.1 Å². The number of pyridine rings is 1. The van der Waals surface area contributed by atoms with E-state index in [0.717, 1.165) is 41.4 Å². The fraction of sp³-hybridized carbons (Fsp3) is 0.259. The van der Waals surface area contributed by atoms with E-state index in [1.54, 1.807) is 12.4 Å². The van der Waals surface area contributed by atoms with E-state index < -0.39 is 0 Å². The first kappa shape index (κ1) is 22.3. The number of rotatable bonds is 7. The predicted molar refractivity (Wildman–Crippen MR) is 134 cm³/mol. The molecule has 0 saturated heterocycles. The Labute approximate surface area is 204 Å². The van der Waals surface area contributed by atoms with Crippen molar-refractivity contribution in [3.63, 3.8) is 0 Å². The standard InChI is InChI=1S/C27H27N5OS/c1-31(24-15-7-12-21-11-5-6-14-23(21)24)25(33)19-34-27-30-29-26(22-13-8-16-28-17-22)32(27)18-20-9-3-2-4-10-20/h2-6,8-11,13-14,16-17,24H,7,12,15,18-19H2,1H3. The minimum Gasteiger partial charge on any atom is -0.338 e. The third-order valence-corrected chi connectivity index (χ3v) is 7.30. The molecule has 1 amide bonds. The molecule has 0 aliphatic heterocycles. The molecular weight excluding hydrogens is 442 g/mol. The lowest BCUT2D eigenvalue weighted by molar-refractivity contribution is -0.129. The Morgan fingerprint density at radius 2 is 1.88 bits per heavy atom. The highest BCUT2D eigenvalue weighted by molar-refractivity contribution is 7.99. The summed E-state index contributed by atoms with van der Waals surface area (Å²) >= 11 is 1.44. The molecule has 0 N–H and O–H groups in total. The van der Waals surface area contributed by atoms with E-state index in [-0.39, 0.29) is 11.9 Å². The molecule has 1 atom stereocenters. The molecule has 0 bridgehead atoms. The molecule has 2 aromatic heterocycles. The van der Waals surface area contributed by atoms with Gasteiger partial charge in [0.25, 0.3) is 0 Å². The van der Waals surface area contributed by atoms with E-state index in [2.05, 4.69) is 56.1 Å². The minimum absolute atomic E-state index is 0.101. The molecule has 6 nitrogen and oxygen atoms in total. The van der Waals surface area contributed by atoms with Gasteiger partial charge in [0.15, 0.2) is 11.0 Å². The van der Waals surface area contributed by atoms with Crippen molar-refractivity contribution >= 4 is 17.7 Å². The molecule has 0 spiro atoms. The van der Waals surface area contributed by atoms with Crippen LogP contribution in [0.2, 0.25) is 0 Å². The van der Waals surface area contributed by atoms with E-state index in [1.807, 2.05) is 42.3 Å². The van der Waals surface area contributed by atoms with E-state index in [0.29, 0.717) is 12.3 Å². The smallest absolute Gasteiger partial charge is 0.233 e. The first-order valence-electron chi connectivity index (χ1n) is 11.5. The van der Waals surface area contributed by atoms with Gasteiger partial charge in [-0.1, -0.05) is 66.4 Å². The molecular formula is C27H27N5OS. The molecule has 172 valence electrons. The summed E-state index contributed by atoms with van der Waals surface area (Å²) < 4.78 is 2.07. The molecule has 0 radical (unpaired) electrons. The maximum absolute atomic E-state index is 13.2. The van der Waals surface area contributed by atoms with Crippen LogP contribution in [0.5, 0.6) is 0 Å². The van der Waals surface area contributed by atoms with Crippen LogP contribution >= 0.6 is 11.8 Å². The van der Waals surface area contributed by atoms with Crippen molar-refractivity contribution in [2.24, 2.45) is 0 Å². The second kappa shape index (κ2) is 10.2. The lowest BCUT2D eigenvalue weighted by atomic mass is 9.87. The van der Waals surface area contributed by atoms with Crippen molar-refractivity contribution in [3.05, 3.63) is 95.8 Å². The Morgan fingerprint density at radius 1 is 1.06 bits per heavy atom. The van der Waals surface area contributed by atoms with Gasteiger partial charge in [-0.3, -0.25) is 14.3 Å². The van der Waals surface area contributed by atoms with Crippen molar-refractivity contribution in [2.45, 2.75) is 37.0 Å². The van der Waals surface area contributed by atoms with Gasteiger partial charge in [0.2, 0.25) is 5.91 Å². The number of amides is 1. The van der Waals surface area contributed by atoms with Crippen molar-refractivity contribution in [3.8, 4) is 11.4 Å². The third kappa shape index (κ3) is 4.75. The van der Waals surface area contributed by atoms with Gasteiger partial charge in [-0.25, -0.2) is 0 Å². The highest BCUT2D eigenvalue weighted by Crippen LogP contribution is 2.34. The maximum Gasteiger partial charge on any atom is 0.233 e. The zero-order valence-corrected chi connectivity index (χ0v) is 20.0. The van der Waals surface area contributed by atoms with Crippen molar-refractivity contribution in [2.75, 3.05) is 12.8 Å². The van der Waals surface area contributed by atoms with E-state index in [4.69, 9.17) is 0 Å². The highest BCUT2D eigenvalue weighted by Gasteiger charge is 2.27. The van der Waals surface area contributed by atoms with Crippen LogP contribution < -0.4 is 0 Å². The lowest BCUT2D eigenvalue weighted by Gasteiger charge is -2.33. The number of nitrogens with zero attached hydrogens (tertiary/aromatic N) is 5. The normalized spacial score (nSPS) is 15.0. The van der Waals surface area contributed by atoms with E-state index in [1.165, 1.54) is 22.9 Å². The Balaban J connectivity index is 1.35. The fourth-order valence-electron chi connectivity index (χ4n) is 4.55. The number of hydrogen-bond acceptors (Lipinski definition) is 5. The second-order valence-corrected chi connectivity index (χ2v) is 9.46. The van der Waals surface area contributed by atoms with Gasteiger partial charge in [0.1, 0.15) is 0 Å². The summed E-state index contributed by atoms with van der Waals surface area (Å²) in [5.41, 5.74) is 4.69. The molecule has 0 saturated carbocycles. The van der Waals surface area contributed by atoms with Crippen LogP contribution in [-0.2, 0) is 17.8 Å². The summed E-state index contributed by atoms with van der Waals surface area (Å²) in [6, 6.07) is 22.7. The van der Waals surface area contributed by atoms with Gasteiger partial charge in [-0.2, -0.15) is 0 Å². The minimum atomic E-state index is 0.101. The number of aromatic nitrogens is 4. The number of thioether (sulfide) groups is 1. The first-order valence-corrected chi connectivity index (χ1v) is 12.5. The van der Waals surface area contributed by atoms with Gasteiger partial charge in [-0.15, -0.1) is 10.2 Å². The van der Waals surface area contributed by atoms with E-state index in [9.17, 15) is 4.79 Å². The fourth-order valence-corrected chi connectivity index (χ4v) is 5.41. The average Bonchev–Trinajstić information content (AvgIpc) is 3.29. The molecule has 0 fully saturated rings. The summed E-state index contributed by atoms with van der Waals surface area (Å²) in [5.74, 6) is 1.17. The quantitative estimate of drug-likeness (QED) is 0.356. The zero-order chi connectivity index (χ0) is 23.3. The van der Waals surface area contributed by atoms with E-state index >= 15 is 0 Å². The van der Waals surface area contributed by atoms with Gasteiger partial charge in [0, 0.05) is 25.0 Å². The van der Waals surface area contributed by atoms with Crippen molar-refractivity contribution in [1.82, 2.24) is 24.6 Å². The van der Waals surface area contributed by atoms with Gasteiger partial charge >= 0.3 is 0 Å². The molecule has 4 aromatic rings. The predicted octanol–water partition coefficient (Wildman–Crippen LogP) is 5.02. The lowest BCUT2D eigenvalue weighted by Crippen LogP contribution is -2.34. The largest absolute Gasteiger partial charge is 0.338 e. The summed E-state index contributed by atoms with van der Waals surface area (Å²) in [5, 5.41) is 9.63. The van der Waals surface area contributed by atoms with Crippen LogP contribution in [0.25, 0.3) is 11.4 Å². The molecule has 1 aliphatic rings. The summed E-state index contributed by atoms with van der Waals surface area (Å²) in [4.78, 5) is 19.4. The maximum atomic E-state index is 13.2. The topological polar surface area (TPSA) is 63.9 Å². The molecule has 1 aliphatic carbocycles. The number of hydrogen-bond donors (Lipinski definition) is 0. The number of aryl methyl sites for hydroxylation is 1. The molecule has 1 unspecified atom stereocenters. The Bertz CT molecular complexity index is 1260. The van der Waals surface area contributed by atoms with Crippen molar-refractivity contribution < 1.29 is 4.79 Å². The summed E-state index contributed by atoms with van der Waals surface area (Å²) in [6.45, 7) is 0.625. The molecule has 2 heterocycles. The Hall–Kier alpha value is -3.45. The SMILES string of the molecule is CN(C(=O)CSc1nnc(-c2cccnc2)n1Cc1ccccc1)C1CCCc2ccccc21. The Kier molecular flexibility index (Phi) is 6.72. The Morgan fingerprint density at radius 3 is 2.71 bits per heavy atom. The second-order valence-electron chi connectivity index (χ2n) is 8.52. The number of carbonyl (C=O) groups excluding carboxylic acids is 1. The first-order chi connectivity index (χ1) is 16.7. The molecule has 2 aromatic carbocycles. The molecule has 34 heavy (non-hydrogen) atoms. The summed E-state index contributed by atoms with van der Waals surface area (Å²) in [7, 11) is 1.92. The highest BCUT2D eigenvalue weighted by atomic mass is 32.2. The zero-order valence-electron chi connectivity index (χ0n) is 19.2. The van der Waals surface area contributed by atoms with Crippen LogP contribution in [0.15, 0.2) is 84.3 Å². The van der Waals surface area contributed by atoms with Crippen LogP contribution in [0.3, 0.4) is 0 Å². The average molecular weight is 470 g/mol. The monoisotopic (exact) mass is 469 g/mol. The number of carbonyl (C=O) groups is 1. The van der Waals surface area contributed by atoms with Crippen LogP contribution in [-0.4, -0.2) is 43.4 Å². The van der Waals surface area contributed by atoms with Gasteiger partial charge in [0.05, 0.1) is 18.3 Å². The van der Waals surface area contributed by atoms with Gasteiger partial charge < -0.3 is 4.90 Å². The number of fused-ring (bicyclic) bond motifs is 1. The summed E-state index contributed by atoms with van der Waals surface area (Å²) in [6.07, 6.45) is 6.73. The van der Waals surface area contributed by atoms with Crippen LogP contribution in [0.4, 0.5) is 0 Å². The third-order valence-electron chi connectivity index (χ3n) is 6.34. The molecule has 7 heteroatoms. The molecule has 5 rings (SSSR count). The van der Waals surface area contributed by atoms with Crippen LogP contribution in [0.1, 0.15) is 35.6 Å².